The van der Waals surface area contributed by atoms with Crippen LogP contribution >= 0.6 is 0 Å². The summed E-state index contributed by atoms with van der Waals surface area (Å²) in [6.07, 6.45) is 3.11. The van der Waals surface area contributed by atoms with Gasteiger partial charge in [0, 0.05) is 37.4 Å². The Kier molecular flexibility index (Phi) is 9.41. The van der Waals surface area contributed by atoms with Crippen LogP contribution in [0.3, 0.4) is 0 Å². The molecule has 0 spiro atoms. The first-order valence-electron chi connectivity index (χ1n) is 13.4. The van der Waals surface area contributed by atoms with Gasteiger partial charge in [-0.05, 0) is 58.8 Å². The summed E-state index contributed by atoms with van der Waals surface area (Å²) in [6, 6.07) is -1.81. The monoisotopic (exact) mass is 522 g/mol. The van der Waals surface area contributed by atoms with Gasteiger partial charge >= 0.3 is 12.2 Å². The number of piperidine rings is 1. The molecule has 0 radical (unpaired) electrons. The summed E-state index contributed by atoms with van der Waals surface area (Å²) in [5.41, 5.74) is -0.581. The molecule has 0 aromatic carbocycles. The Morgan fingerprint density at radius 2 is 1.76 bits per heavy atom. The minimum Gasteiger partial charge on any atom is -0.446 e. The van der Waals surface area contributed by atoms with Crippen LogP contribution in [0.25, 0.3) is 0 Å². The zero-order valence-electron chi connectivity index (χ0n) is 22.6. The van der Waals surface area contributed by atoms with E-state index >= 15 is 0 Å². The van der Waals surface area contributed by atoms with E-state index in [0.29, 0.717) is 38.5 Å². The lowest BCUT2D eigenvalue weighted by atomic mass is 9.98. The van der Waals surface area contributed by atoms with Crippen LogP contribution in [0, 0.1) is 11.8 Å². The third-order valence-corrected chi connectivity index (χ3v) is 7.08. The number of carbonyl (C=O) groups is 5. The molecule has 3 aliphatic heterocycles. The van der Waals surface area contributed by atoms with Gasteiger partial charge in [-0.2, -0.15) is 0 Å². The van der Waals surface area contributed by atoms with E-state index in [4.69, 9.17) is 9.47 Å². The molecule has 3 fully saturated rings. The van der Waals surface area contributed by atoms with E-state index in [1.807, 2.05) is 34.6 Å². The van der Waals surface area contributed by atoms with Crippen LogP contribution in [-0.2, 0) is 23.9 Å². The van der Waals surface area contributed by atoms with Crippen molar-refractivity contribution < 1.29 is 33.4 Å². The number of aldehydes is 1. The summed E-state index contributed by atoms with van der Waals surface area (Å²) in [7, 11) is 0. The zero-order valence-corrected chi connectivity index (χ0v) is 22.6. The van der Waals surface area contributed by atoms with E-state index in [0.717, 1.165) is 12.8 Å². The highest BCUT2D eigenvalue weighted by molar-refractivity contribution is 5.88. The van der Waals surface area contributed by atoms with Crippen LogP contribution in [0.5, 0.6) is 0 Å². The van der Waals surface area contributed by atoms with E-state index in [1.54, 1.807) is 4.90 Å². The molecule has 37 heavy (non-hydrogen) atoms. The summed E-state index contributed by atoms with van der Waals surface area (Å²) in [5.74, 6) is -0.827. The summed E-state index contributed by atoms with van der Waals surface area (Å²) >= 11 is 0. The topological polar surface area (TPSA) is 143 Å². The van der Waals surface area contributed by atoms with Gasteiger partial charge in [0.1, 0.15) is 24.0 Å². The largest absolute Gasteiger partial charge is 0.446 e. The first-order chi connectivity index (χ1) is 17.4. The summed E-state index contributed by atoms with van der Waals surface area (Å²) in [5, 5.41) is 8.07. The predicted octanol–water partition coefficient (Wildman–Crippen LogP) is 2.27. The standard InChI is InChI=1S/C26H42N4O7/c1-15(2)10-21(23(33)28-17(14-31)11-16-8-9-27-22(16)32)29-24(34)36-20-12-18-6-7-19(13-20)30(18)25(35)37-26(3,4)5/h14-21H,6-13H2,1-5H3,(H,27,32)(H,28,33)(H,29,34)/t16-,17-,18?,19?,20?,21-/m0/s1. The molecule has 11 heteroatoms. The lowest BCUT2D eigenvalue weighted by Crippen LogP contribution is -2.53. The molecule has 0 aromatic rings. The fourth-order valence-electron chi connectivity index (χ4n) is 5.47. The molecule has 5 atom stereocenters. The smallest absolute Gasteiger partial charge is 0.410 e. The van der Waals surface area contributed by atoms with Crippen LogP contribution in [0.2, 0.25) is 0 Å². The number of carbonyl (C=O) groups excluding carboxylic acids is 5. The van der Waals surface area contributed by atoms with Gasteiger partial charge in [0.2, 0.25) is 11.8 Å². The number of hydrogen-bond acceptors (Lipinski definition) is 7. The molecular weight excluding hydrogens is 480 g/mol. The van der Waals surface area contributed by atoms with E-state index in [-0.39, 0.29) is 48.4 Å². The molecule has 2 bridgehead atoms. The lowest BCUT2D eigenvalue weighted by Gasteiger charge is -2.39. The SMILES string of the molecule is CC(C)C[C@H](NC(=O)OC1CC2CCC(C1)N2C(=O)OC(C)(C)C)C(=O)N[C@H](C=O)C[C@@H]1CCNC1=O. The van der Waals surface area contributed by atoms with Crippen LogP contribution < -0.4 is 16.0 Å². The summed E-state index contributed by atoms with van der Waals surface area (Å²) in [6.45, 7) is 9.91. The average molecular weight is 523 g/mol. The average Bonchev–Trinajstić information content (AvgIpc) is 3.30. The molecule has 0 saturated carbocycles. The number of nitrogens with zero attached hydrogens (tertiary/aromatic N) is 1. The molecule has 2 unspecified atom stereocenters. The maximum atomic E-state index is 13.0. The Morgan fingerprint density at radius 3 is 2.27 bits per heavy atom. The number of ether oxygens (including phenoxy) is 2. The van der Waals surface area contributed by atoms with Crippen LogP contribution in [0.4, 0.5) is 9.59 Å². The molecule has 0 aromatic heterocycles. The van der Waals surface area contributed by atoms with Crippen molar-refractivity contribution in [2.45, 2.75) is 115 Å². The molecule has 3 N–H and O–H groups in total. The minimum atomic E-state index is -0.883. The fourth-order valence-corrected chi connectivity index (χ4v) is 5.47. The lowest BCUT2D eigenvalue weighted by molar-refractivity contribution is -0.127. The third kappa shape index (κ3) is 8.07. The number of hydrogen-bond donors (Lipinski definition) is 3. The Bertz CT molecular complexity index is 857. The Balaban J connectivity index is 1.54. The fraction of sp³-hybridized carbons (Fsp3) is 0.808. The second kappa shape index (κ2) is 12.1. The van der Waals surface area contributed by atoms with Crippen molar-refractivity contribution in [3.8, 4) is 0 Å². The highest BCUT2D eigenvalue weighted by Crippen LogP contribution is 2.38. The van der Waals surface area contributed by atoms with Gasteiger partial charge in [0.05, 0.1) is 6.04 Å². The van der Waals surface area contributed by atoms with Gasteiger partial charge in [0.15, 0.2) is 0 Å². The second-order valence-corrected chi connectivity index (χ2v) is 11.9. The molecule has 4 amide bonds. The Hall–Kier alpha value is -2.85. The number of rotatable bonds is 9. The number of alkyl carbamates (subject to hydrolysis) is 1. The van der Waals surface area contributed by atoms with E-state index in [9.17, 15) is 24.0 Å². The van der Waals surface area contributed by atoms with Crippen molar-refractivity contribution in [3.63, 3.8) is 0 Å². The molecule has 3 aliphatic rings. The van der Waals surface area contributed by atoms with Crippen LogP contribution in [-0.4, -0.2) is 77.6 Å². The van der Waals surface area contributed by atoms with Crippen LogP contribution in [0.1, 0.15) is 79.6 Å². The maximum absolute atomic E-state index is 13.0. The van der Waals surface area contributed by atoms with Crippen molar-refractivity contribution in [2.75, 3.05) is 6.54 Å². The first kappa shape index (κ1) is 28.7. The molecule has 3 rings (SSSR count). The van der Waals surface area contributed by atoms with Crippen molar-refractivity contribution in [3.05, 3.63) is 0 Å². The molecular formula is C26H42N4O7. The van der Waals surface area contributed by atoms with Gasteiger partial charge in [0.25, 0.3) is 0 Å². The maximum Gasteiger partial charge on any atom is 0.410 e. The van der Waals surface area contributed by atoms with Gasteiger partial charge < -0.3 is 35.1 Å². The van der Waals surface area contributed by atoms with E-state index in [1.165, 1.54) is 0 Å². The van der Waals surface area contributed by atoms with Gasteiger partial charge in [-0.1, -0.05) is 13.8 Å². The highest BCUT2D eigenvalue weighted by Gasteiger charge is 2.46. The normalized spacial score (nSPS) is 26.8. The van der Waals surface area contributed by atoms with E-state index in [2.05, 4.69) is 16.0 Å². The van der Waals surface area contributed by atoms with Crippen molar-refractivity contribution in [2.24, 2.45) is 11.8 Å². The van der Waals surface area contributed by atoms with Crippen molar-refractivity contribution >= 4 is 30.3 Å². The number of nitrogens with one attached hydrogen (secondary N) is 3. The highest BCUT2D eigenvalue weighted by atomic mass is 16.6. The number of amides is 4. The predicted molar refractivity (Wildman–Crippen MR) is 134 cm³/mol. The molecule has 0 aliphatic carbocycles. The first-order valence-corrected chi connectivity index (χ1v) is 13.4. The van der Waals surface area contributed by atoms with Gasteiger partial charge in [-0.25, -0.2) is 9.59 Å². The Labute approximate surface area is 218 Å². The molecule has 208 valence electrons. The molecule has 3 heterocycles. The molecule has 11 nitrogen and oxygen atoms in total. The second-order valence-electron chi connectivity index (χ2n) is 11.9. The quantitative estimate of drug-likeness (QED) is 0.394. The van der Waals surface area contributed by atoms with Crippen molar-refractivity contribution in [1.82, 2.24) is 20.9 Å². The minimum absolute atomic E-state index is 0.0534. The summed E-state index contributed by atoms with van der Waals surface area (Å²) in [4.78, 5) is 63.6. The van der Waals surface area contributed by atoms with E-state index < -0.39 is 29.7 Å². The molecule has 3 saturated heterocycles. The summed E-state index contributed by atoms with van der Waals surface area (Å²) < 4.78 is 11.2. The zero-order chi connectivity index (χ0) is 27.3. The van der Waals surface area contributed by atoms with Crippen LogP contribution in [0.15, 0.2) is 0 Å². The van der Waals surface area contributed by atoms with Gasteiger partial charge in [-0.3, -0.25) is 9.59 Å². The van der Waals surface area contributed by atoms with Gasteiger partial charge in [-0.15, -0.1) is 0 Å². The van der Waals surface area contributed by atoms with Crippen molar-refractivity contribution in [1.29, 1.82) is 0 Å². The third-order valence-electron chi connectivity index (χ3n) is 7.08. The Morgan fingerprint density at radius 1 is 1.11 bits per heavy atom. The number of fused-ring (bicyclic) bond motifs is 2.